The van der Waals surface area contributed by atoms with Gasteiger partial charge in [0, 0.05) is 0 Å². The molecule has 0 aromatic heterocycles. The number of nitrogens with zero attached hydrogens (tertiary/aromatic N) is 1. The van der Waals surface area contributed by atoms with Gasteiger partial charge in [-0.1, -0.05) is 31.2 Å². The molecule has 0 N–H and O–H groups in total. The van der Waals surface area contributed by atoms with Crippen molar-refractivity contribution in [3.8, 4) is 5.75 Å². The van der Waals surface area contributed by atoms with Gasteiger partial charge in [0.25, 0.3) is 11.1 Å². The van der Waals surface area contributed by atoms with Gasteiger partial charge < -0.3 is 4.74 Å². The molecule has 140 valence electrons. The number of halogens is 1. The third kappa shape index (κ3) is 4.77. The van der Waals surface area contributed by atoms with Crippen molar-refractivity contribution >= 4 is 29.0 Å². The van der Waals surface area contributed by atoms with Gasteiger partial charge in [-0.25, -0.2) is 4.39 Å². The van der Waals surface area contributed by atoms with E-state index in [1.807, 2.05) is 31.2 Å². The summed E-state index contributed by atoms with van der Waals surface area (Å²) in [5.41, 5.74) is 1.52. The first-order valence-electron chi connectivity index (χ1n) is 8.73. The highest BCUT2D eigenvalue weighted by Crippen LogP contribution is 2.33. The van der Waals surface area contributed by atoms with Crippen molar-refractivity contribution < 1.29 is 18.7 Å². The lowest BCUT2D eigenvalue weighted by Crippen LogP contribution is -2.27. The summed E-state index contributed by atoms with van der Waals surface area (Å²) in [4.78, 5) is 26.3. The number of hydrogen-bond donors (Lipinski definition) is 0. The third-order valence-corrected chi connectivity index (χ3v) is 5.12. The third-order valence-electron chi connectivity index (χ3n) is 4.22. The molecule has 2 aromatic rings. The van der Waals surface area contributed by atoms with Gasteiger partial charge in [0.05, 0.1) is 17.6 Å². The number of hydrogen-bond acceptors (Lipinski definition) is 4. The van der Waals surface area contributed by atoms with Crippen molar-refractivity contribution in [2.75, 3.05) is 0 Å². The minimum atomic E-state index is -0.353. The van der Waals surface area contributed by atoms with Gasteiger partial charge in [0.1, 0.15) is 11.6 Å². The molecule has 6 heteroatoms. The zero-order valence-electron chi connectivity index (χ0n) is 15.1. The van der Waals surface area contributed by atoms with Crippen LogP contribution in [0.15, 0.2) is 53.4 Å². The van der Waals surface area contributed by atoms with Gasteiger partial charge in [0.15, 0.2) is 0 Å². The van der Waals surface area contributed by atoms with E-state index in [1.54, 1.807) is 18.2 Å². The van der Waals surface area contributed by atoms with Crippen LogP contribution in [0, 0.1) is 5.82 Å². The topological polar surface area (TPSA) is 46.6 Å². The Hall–Kier alpha value is -2.60. The molecule has 1 unspecified atom stereocenters. The fourth-order valence-corrected chi connectivity index (χ4v) is 3.36. The van der Waals surface area contributed by atoms with Gasteiger partial charge in [-0.2, -0.15) is 0 Å². The minimum Gasteiger partial charge on any atom is -0.491 e. The molecule has 1 aliphatic rings. The first-order chi connectivity index (χ1) is 13.0. The fourth-order valence-electron chi connectivity index (χ4n) is 2.52. The molecular formula is C21H20FNO3S. The first kappa shape index (κ1) is 19.2. The lowest BCUT2D eigenvalue weighted by Gasteiger charge is -2.12. The van der Waals surface area contributed by atoms with E-state index in [2.05, 4.69) is 6.92 Å². The molecule has 0 spiro atoms. The predicted octanol–water partition coefficient (Wildman–Crippen LogP) is 5.24. The summed E-state index contributed by atoms with van der Waals surface area (Å²) in [6.45, 7) is 4.19. The molecule has 0 aliphatic carbocycles. The molecule has 2 aromatic carbocycles. The van der Waals surface area contributed by atoms with Crippen molar-refractivity contribution in [2.24, 2.45) is 0 Å². The standard InChI is InChI=1S/C21H20FNO3S/c1-3-14(2)26-18-10-6-15(7-11-18)12-19-20(24)23(21(25)27-19)13-16-4-8-17(22)9-5-16/h4-12,14H,3,13H2,1-2H3/b19-12-. The molecule has 1 aliphatic heterocycles. The van der Waals surface area contributed by atoms with E-state index in [4.69, 9.17) is 4.74 Å². The summed E-state index contributed by atoms with van der Waals surface area (Å²) in [6.07, 6.45) is 2.75. The van der Waals surface area contributed by atoms with Gasteiger partial charge in [-0.3, -0.25) is 14.5 Å². The Bertz CT molecular complexity index is 862. The average Bonchev–Trinajstić information content (AvgIpc) is 2.92. The largest absolute Gasteiger partial charge is 0.491 e. The Kier molecular flexibility index (Phi) is 5.96. The zero-order chi connectivity index (χ0) is 19.4. The maximum Gasteiger partial charge on any atom is 0.293 e. The number of thioether (sulfide) groups is 1. The van der Waals surface area contributed by atoms with Crippen LogP contribution in [-0.2, 0) is 11.3 Å². The van der Waals surface area contributed by atoms with E-state index in [9.17, 15) is 14.0 Å². The second kappa shape index (κ2) is 8.39. The molecule has 4 nitrogen and oxygen atoms in total. The molecule has 1 atom stereocenters. The van der Waals surface area contributed by atoms with E-state index in [1.165, 1.54) is 17.0 Å². The number of carbonyl (C=O) groups excluding carboxylic acids is 2. The SMILES string of the molecule is CCC(C)Oc1ccc(/C=C2\SC(=O)N(Cc3ccc(F)cc3)C2=O)cc1. The van der Waals surface area contributed by atoms with Crippen LogP contribution in [0.3, 0.4) is 0 Å². The highest BCUT2D eigenvalue weighted by molar-refractivity contribution is 8.18. The van der Waals surface area contributed by atoms with Gasteiger partial charge in [-0.05, 0) is 66.6 Å². The van der Waals surface area contributed by atoms with Crippen LogP contribution in [0.25, 0.3) is 6.08 Å². The Balaban J connectivity index is 1.71. The maximum atomic E-state index is 13.0. The smallest absolute Gasteiger partial charge is 0.293 e. The normalized spacial score (nSPS) is 16.9. The fraction of sp³-hybridized carbons (Fsp3) is 0.238. The van der Waals surface area contributed by atoms with Crippen LogP contribution in [-0.4, -0.2) is 22.2 Å². The van der Waals surface area contributed by atoms with Crippen molar-refractivity contribution in [3.63, 3.8) is 0 Å². The second-order valence-corrected chi connectivity index (χ2v) is 7.29. The number of ether oxygens (including phenoxy) is 1. The van der Waals surface area contributed by atoms with E-state index >= 15 is 0 Å². The van der Waals surface area contributed by atoms with Gasteiger partial charge >= 0.3 is 0 Å². The van der Waals surface area contributed by atoms with Crippen molar-refractivity contribution in [3.05, 3.63) is 70.4 Å². The van der Waals surface area contributed by atoms with E-state index in [-0.39, 0.29) is 29.6 Å². The summed E-state index contributed by atoms with van der Waals surface area (Å²) >= 11 is 0.911. The number of rotatable bonds is 6. The van der Waals surface area contributed by atoms with E-state index in [0.717, 1.165) is 29.5 Å². The number of benzene rings is 2. The van der Waals surface area contributed by atoms with Crippen LogP contribution in [0.2, 0.25) is 0 Å². The van der Waals surface area contributed by atoms with Crippen molar-refractivity contribution in [1.82, 2.24) is 4.90 Å². The van der Waals surface area contributed by atoms with Crippen molar-refractivity contribution in [1.29, 1.82) is 0 Å². The second-order valence-electron chi connectivity index (χ2n) is 6.30. The van der Waals surface area contributed by atoms with Crippen molar-refractivity contribution in [2.45, 2.75) is 32.9 Å². The Labute approximate surface area is 162 Å². The lowest BCUT2D eigenvalue weighted by atomic mass is 10.2. The summed E-state index contributed by atoms with van der Waals surface area (Å²) in [5.74, 6) is 0.0775. The molecule has 27 heavy (non-hydrogen) atoms. The van der Waals surface area contributed by atoms with Gasteiger partial charge in [0.2, 0.25) is 0 Å². The molecule has 0 bridgehead atoms. The molecular weight excluding hydrogens is 365 g/mol. The molecule has 1 saturated heterocycles. The summed E-state index contributed by atoms with van der Waals surface area (Å²) in [7, 11) is 0. The number of imide groups is 1. The van der Waals surface area contributed by atoms with E-state index in [0.29, 0.717) is 10.5 Å². The zero-order valence-corrected chi connectivity index (χ0v) is 16.0. The molecule has 2 amide bonds. The Morgan fingerprint density at radius 1 is 1.11 bits per heavy atom. The number of amides is 2. The summed E-state index contributed by atoms with van der Waals surface area (Å²) in [6, 6.07) is 13.2. The lowest BCUT2D eigenvalue weighted by molar-refractivity contribution is -0.123. The number of carbonyl (C=O) groups is 2. The Morgan fingerprint density at radius 2 is 1.78 bits per heavy atom. The van der Waals surface area contributed by atoms with Crippen LogP contribution in [0.4, 0.5) is 9.18 Å². The highest BCUT2D eigenvalue weighted by Gasteiger charge is 2.34. The molecule has 3 rings (SSSR count). The minimum absolute atomic E-state index is 0.129. The summed E-state index contributed by atoms with van der Waals surface area (Å²) in [5, 5.41) is -0.327. The quantitative estimate of drug-likeness (QED) is 0.638. The molecule has 0 radical (unpaired) electrons. The monoisotopic (exact) mass is 385 g/mol. The average molecular weight is 385 g/mol. The molecule has 1 fully saturated rings. The van der Waals surface area contributed by atoms with Gasteiger partial charge in [-0.15, -0.1) is 0 Å². The van der Waals surface area contributed by atoms with Crippen LogP contribution >= 0.6 is 11.8 Å². The predicted molar refractivity (Wildman–Crippen MR) is 105 cm³/mol. The van der Waals surface area contributed by atoms with Crippen LogP contribution in [0.5, 0.6) is 5.75 Å². The van der Waals surface area contributed by atoms with Crippen LogP contribution in [0.1, 0.15) is 31.4 Å². The maximum absolute atomic E-state index is 13.0. The summed E-state index contributed by atoms with van der Waals surface area (Å²) < 4.78 is 18.7. The Morgan fingerprint density at radius 3 is 2.41 bits per heavy atom. The highest BCUT2D eigenvalue weighted by atomic mass is 32.2. The van der Waals surface area contributed by atoms with E-state index < -0.39 is 0 Å². The van der Waals surface area contributed by atoms with Crippen LogP contribution < -0.4 is 4.74 Å². The molecule has 1 heterocycles. The first-order valence-corrected chi connectivity index (χ1v) is 9.54. The molecule has 0 saturated carbocycles.